The number of allylic oxidation sites excluding steroid dienone is 2. The van der Waals surface area contributed by atoms with Crippen molar-refractivity contribution >= 4 is 0 Å². The van der Waals surface area contributed by atoms with Crippen molar-refractivity contribution in [1.82, 2.24) is 0 Å². The zero-order valence-corrected chi connectivity index (χ0v) is 13.4. The summed E-state index contributed by atoms with van der Waals surface area (Å²) in [5.74, 6) is 0.868. The summed E-state index contributed by atoms with van der Waals surface area (Å²) in [5, 5.41) is 8.66. The normalized spacial score (nSPS) is 11.8. The van der Waals surface area contributed by atoms with Crippen LogP contribution in [0, 0.1) is 5.92 Å². The zero-order chi connectivity index (χ0) is 14.2. The molecular formula is C18H36O. The van der Waals surface area contributed by atoms with Gasteiger partial charge in [0.05, 0.1) is 0 Å². The molecule has 0 aromatic carbocycles. The van der Waals surface area contributed by atoms with E-state index in [4.69, 9.17) is 5.11 Å². The van der Waals surface area contributed by atoms with Crippen molar-refractivity contribution in [3.8, 4) is 0 Å². The minimum absolute atomic E-state index is 0.361. The second kappa shape index (κ2) is 15.8. The number of rotatable bonds is 14. The van der Waals surface area contributed by atoms with Crippen molar-refractivity contribution in [2.75, 3.05) is 6.61 Å². The van der Waals surface area contributed by atoms with Gasteiger partial charge < -0.3 is 5.11 Å². The average molecular weight is 268 g/mol. The Bertz CT molecular complexity index is 184. The predicted molar refractivity (Wildman–Crippen MR) is 86.5 cm³/mol. The molecule has 0 aliphatic rings. The third-order valence-corrected chi connectivity index (χ3v) is 3.60. The highest BCUT2D eigenvalue weighted by Crippen LogP contribution is 2.10. The maximum absolute atomic E-state index is 8.66. The van der Waals surface area contributed by atoms with Gasteiger partial charge >= 0.3 is 0 Å². The van der Waals surface area contributed by atoms with Crippen LogP contribution in [0.25, 0.3) is 0 Å². The number of unbranched alkanes of at least 4 members (excludes halogenated alkanes) is 9. The van der Waals surface area contributed by atoms with Crippen LogP contribution in [0.15, 0.2) is 12.2 Å². The minimum Gasteiger partial charge on any atom is -0.396 e. The van der Waals surface area contributed by atoms with Crippen molar-refractivity contribution in [2.24, 2.45) is 5.92 Å². The number of hydrogen-bond donors (Lipinski definition) is 1. The Labute approximate surface area is 121 Å². The molecule has 0 rings (SSSR count). The molecule has 0 spiro atoms. The Hall–Kier alpha value is -0.300. The lowest BCUT2D eigenvalue weighted by atomic mass is 10.0. The molecule has 1 N–H and O–H groups in total. The molecule has 1 nitrogen and oxygen atoms in total. The van der Waals surface area contributed by atoms with Crippen molar-refractivity contribution in [3.05, 3.63) is 12.2 Å². The minimum atomic E-state index is 0.361. The van der Waals surface area contributed by atoms with E-state index in [1.807, 2.05) is 0 Å². The van der Waals surface area contributed by atoms with Gasteiger partial charge in [0.1, 0.15) is 0 Å². The number of aliphatic hydroxyl groups is 1. The average Bonchev–Trinajstić information content (AvgIpc) is 2.39. The second-order valence-electron chi connectivity index (χ2n) is 6.14. The van der Waals surface area contributed by atoms with Gasteiger partial charge in [-0.25, -0.2) is 0 Å². The summed E-state index contributed by atoms with van der Waals surface area (Å²) in [5.41, 5.74) is 0. The third-order valence-electron chi connectivity index (χ3n) is 3.60. The SMILES string of the molecule is CC(C)CCCCCC=CCCCCCCCCO. The molecule has 0 radical (unpaired) electrons. The smallest absolute Gasteiger partial charge is 0.0431 e. The molecule has 0 unspecified atom stereocenters. The van der Waals surface area contributed by atoms with Crippen LogP contribution in [0.5, 0.6) is 0 Å². The van der Waals surface area contributed by atoms with Crippen molar-refractivity contribution < 1.29 is 5.11 Å². The van der Waals surface area contributed by atoms with Crippen LogP contribution in [-0.4, -0.2) is 11.7 Å². The topological polar surface area (TPSA) is 20.2 Å². The lowest BCUT2D eigenvalue weighted by Gasteiger charge is -2.02. The van der Waals surface area contributed by atoms with Gasteiger partial charge in [-0.15, -0.1) is 0 Å². The molecule has 0 saturated heterocycles. The van der Waals surface area contributed by atoms with E-state index in [2.05, 4.69) is 26.0 Å². The molecule has 114 valence electrons. The van der Waals surface area contributed by atoms with Gasteiger partial charge in [-0.05, 0) is 38.0 Å². The molecule has 0 aliphatic carbocycles. The first kappa shape index (κ1) is 18.7. The highest BCUT2D eigenvalue weighted by molar-refractivity contribution is 4.81. The standard InChI is InChI=1S/C18H36O/c1-18(2)16-14-12-10-8-6-4-3-5-7-9-11-13-15-17-19/h4,6,18-19H,3,5,7-17H2,1-2H3. The molecule has 0 atom stereocenters. The van der Waals surface area contributed by atoms with Gasteiger partial charge in [0.25, 0.3) is 0 Å². The highest BCUT2D eigenvalue weighted by atomic mass is 16.2. The van der Waals surface area contributed by atoms with Gasteiger partial charge in [-0.1, -0.05) is 70.9 Å². The van der Waals surface area contributed by atoms with Crippen molar-refractivity contribution in [3.63, 3.8) is 0 Å². The lowest BCUT2D eigenvalue weighted by Crippen LogP contribution is -1.86. The molecule has 19 heavy (non-hydrogen) atoms. The van der Waals surface area contributed by atoms with Crippen LogP contribution in [0.2, 0.25) is 0 Å². The van der Waals surface area contributed by atoms with Gasteiger partial charge in [-0.3, -0.25) is 0 Å². The van der Waals surface area contributed by atoms with E-state index < -0.39 is 0 Å². The lowest BCUT2D eigenvalue weighted by molar-refractivity contribution is 0.282. The highest BCUT2D eigenvalue weighted by Gasteiger charge is 1.93. The van der Waals surface area contributed by atoms with Crippen LogP contribution >= 0.6 is 0 Å². The van der Waals surface area contributed by atoms with E-state index in [1.165, 1.54) is 70.6 Å². The number of aliphatic hydroxyl groups excluding tert-OH is 1. The molecule has 0 saturated carbocycles. The van der Waals surface area contributed by atoms with E-state index in [-0.39, 0.29) is 0 Å². The molecule has 0 aromatic heterocycles. The largest absolute Gasteiger partial charge is 0.396 e. The van der Waals surface area contributed by atoms with E-state index in [0.717, 1.165) is 12.3 Å². The first-order chi connectivity index (χ1) is 9.27. The summed E-state index contributed by atoms with van der Waals surface area (Å²) in [6.07, 6.45) is 20.3. The first-order valence-corrected chi connectivity index (χ1v) is 8.53. The van der Waals surface area contributed by atoms with Gasteiger partial charge in [-0.2, -0.15) is 0 Å². The molecule has 0 aliphatic heterocycles. The first-order valence-electron chi connectivity index (χ1n) is 8.53. The van der Waals surface area contributed by atoms with Crippen LogP contribution in [-0.2, 0) is 0 Å². The summed E-state index contributed by atoms with van der Waals surface area (Å²) >= 11 is 0. The predicted octanol–water partition coefficient (Wildman–Crippen LogP) is 5.87. The fourth-order valence-electron chi connectivity index (χ4n) is 2.31. The molecular weight excluding hydrogens is 232 g/mol. The fourth-order valence-corrected chi connectivity index (χ4v) is 2.31. The summed E-state index contributed by atoms with van der Waals surface area (Å²) in [4.78, 5) is 0. The molecule has 0 amide bonds. The Morgan fingerprint density at radius 3 is 1.68 bits per heavy atom. The van der Waals surface area contributed by atoms with E-state index in [9.17, 15) is 0 Å². The molecule has 0 bridgehead atoms. The van der Waals surface area contributed by atoms with E-state index in [1.54, 1.807) is 0 Å². The van der Waals surface area contributed by atoms with Gasteiger partial charge in [0.15, 0.2) is 0 Å². The van der Waals surface area contributed by atoms with Crippen molar-refractivity contribution in [1.29, 1.82) is 0 Å². The monoisotopic (exact) mass is 268 g/mol. The van der Waals surface area contributed by atoms with Gasteiger partial charge in [0, 0.05) is 6.61 Å². The molecule has 0 aromatic rings. The van der Waals surface area contributed by atoms with E-state index in [0.29, 0.717) is 6.61 Å². The molecule has 0 heterocycles. The maximum atomic E-state index is 8.66. The Balaban J connectivity index is 3.05. The van der Waals surface area contributed by atoms with Gasteiger partial charge in [0.2, 0.25) is 0 Å². The summed E-state index contributed by atoms with van der Waals surface area (Å²) in [6, 6.07) is 0. The summed E-state index contributed by atoms with van der Waals surface area (Å²) in [6.45, 7) is 4.98. The third kappa shape index (κ3) is 17.7. The van der Waals surface area contributed by atoms with Crippen molar-refractivity contribution in [2.45, 2.75) is 90.9 Å². The molecule has 0 fully saturated rings. The summed E-state index contributed by atoms with van der Waals surface area (Å²) in [7, 11) is 0. The number of hydrogen-bond acceptors (Lipinski definition) is 1. The quantitative estimate of drug-likeness (QED) is 0.308. The second-order valence-corrected chi connectivity index (χ2v) is 6.14. The molecule has 1 heteroatoms. The van der Waals surface area contributed by atoms with E-state index >= 15 is 0 Å². The fraction of sp³-hybridized carbons (Fsp3) is 0.889. The van der Waals surface area contributed by atoms with Crippen LogP contribution in [0.4, 0.5) is 0 Å². The van der Waals surface area contributed by atoms with Crippen LogP contribution in [0.1, 0.15) is 90.9 Å². The Kier molecular flexibility index (Phi) is 15.5. The van der Waals surface area contributed by atoms with Crippen LogP contribution < -0.4 is 0 Å². The van der Waals surface area contributed by atoms with Crippen LogP contribution in [0.3, 0.4) is 0 Å². The Morgan fingerprint density at radius 1 is 0.684 bits per heavy atom. The Morgan fingerprint density at radius 2 is 1.16 bits per heavy atom. The summed E-state index contributed by atoms with van der Waals surface area (Å²) < 4.78 is 0. The maximum Gasteiger partial charge on any atom is 0.0431 e. The zero-order valence-electron chi connectivity index (χ0n) is 13.4.